The summed E-state index contributed by atoms with van der Waals surface area (Å²) in [5.41, 5.74) is 6.13. The molecule has 14 heteroatoms. The SMILES string of the molecule is C[C@H](N)c1oc(-c2ccc(OC(F)F)c(OCC3CC3)c2)nc1C(=O)NC(CNC(=O)C1CC1)c1ccc(F)cc1F.Cl. The number of hydrogen-bond acceptors (Lipinski definition) is 7. The number of carbonyl (C=O) groups excluding carboxylic acids is 2. The van der Waals surface area contributed by atoms with Crippen molar-refractivity contribution >= 4 is 24.2 Å². The number of carbonyl (C=O) groups is 2. The summed E-state index contributed by atoms with van der Waals surface area (Å²) in [5.74, 6) is -2.64. The minimum atomic E-state index is -3.06. The number of nitrogens with one attached hydrogen (secondary N) is 2. The molecule has 1 unspecified atom stereocenters. The highest BCUT2D eigenvalue weighted by Crippen LogP contribution is 2.37. The highest BCUT2D eigenvalue weighted by Gasteiger charge is 2.32. The molecule has 2 aliphatic rings. The van der Waals surface area contributed by atoms with Gasteiger partial charge in [0.05, 0.1) is 18.7 Å². The van der Waals surface area contributed by atoms with Gasteiger partial charge in [-0.2, -0.15) is 8.78 Å². The molecule has 232 valence electrons. The largest absolute Gasteiger partial charge is 0.489 e. The standard InChI is InChI=1S/C29H30F4N4O5.ClH/c1-14(34)25-24(27(39)36-21(12-35-26(38)16-4-5-16)19-8-7-18(30)11-20(19)31)37-28(42-25)17-6-9-22(41-29(32)33)23(10-17)40-13-15-2-3-15;/h6-11,14-16,21,29H,2-5,12-13,34H2,1H3,(H,35,38)(H,36,39);1H/t14-,21?;/m0./s1. The molecular formula is C29H31ClF4N4O5. The summed E-state index contributed by atoms with van der Waals surface area (Å²) in [7, 11) is 0. The zero-order valence-electron chi connectivity index (χ0n) is 23.1. The maximum absolute atomic E-state index is 14.7. The molecule has 0 aliphatic heterocycles. The van der Waals surface area contributed by atoms with E-state index >= 15 is 0 Å². The van der Waals surface area contributed by atoms with Crippen LogP contribution < -0.4 is 25.8 Å². The molecule has 2 fully saturated rings. The number of benzene rings is 2. The first-order chi connectivity index (χ1) is 20.1. The molecule has 4 N–H and O–H groups in total. The van der Waals surface area contributed by atoms with Crippen molar-refractivity contribution in [1.29, 1.82) is 0 Å². The van der Waals surface area contributed by atoms with Crippen LogP contribution in [-0.4, -0.2) is 36.6 Å². The van der Waals surface area contributed by atoms with Crippen molar-refractivity contribution in [3.63, 3.8) is 0 Å². The van der Waals surface area contributed by atoms with E-state index in [-0.39, 0.29) is 65.2 Å². The monoisotopic (exact) mass is 626 g/mol. The van der Waals surface area contributed by atoms with E-state index in [9.17, 15) is 27.2 Å². The molecule has 0 radical (unpaired) electrons. The third kappa shape index (κ3) is 8.17. The highest BCUT2D eigenvalue weighted by molar-refractivity contribution is 5.94. The summed E-state index contributed by atoms with van der Waals surface area (Å²) in [6.07, 6.45) is 3.45. The second-order valence-corrected chi connectivity index (χ2v) is 10.5. The van der Waals surface area contributed by atoms with E-state index in [4.69, 9.17) is 14.9 Å². The van der Waals surface area contributed by atoms with Crippen LogP contribution in [0.2, 0.25) is 0 Å². The van der Waals surface area contributed by atoms with Crippen molar-refractivity contribution in [2.45, 2.75) is 51.3 Å². The van der Waals surface area contributed by atoms with Crippen LogP contribution in [0.5, 0.6) is 11.5 Å². The number of alkyl halides is 2. The van der Waals surface area contributed by atoms with E-state index in [0.717, 1.165) is 31.7 Å². The van der Waals surface area contributed by atoms with Gasteiger partial charge in [0, 0.05) is 29.7 Å². The Labute approximate surface area is 250 Å². The van der Waals surface area contributed by atoms with Crippen LogP contribution in [0.3, 0.4) is 0 Å². The first kappa shape index (κ1) is 32.1. The molecule has 2 amide bonds. The van der Waals surface area contributed by atoms with Crippen molar-refractivity contribution in [1.82, 2.24) is 15.6 Å². The quantitative estimate of drug-likeness (QED) is 0.215. The molecule has 2 atom stereocenters. The van der Waals surface area contributed by atoms with Crippen molar-refractivity contribution in [3.8, 4) is 23.0 Å². The van der Waals surface area contributed by atoms with Gasteiger partial charge in [0.2, 0.25) is 11.8 Å². The molecule has 0 spiro atoms. The maximum atomic E-state index is 14.7. The van der Waals surface area contributed by atoms with Gasteiger partial charge in [-0.05, 0) is 62.8 Å². The zero-order valence-corrected chi connectivity index (χ0v) is 23.9. The number of nitrogens with zero attached hydrogens (tertiary/aromatic N) is 1. The first-order valence-electron chi connectivity index (χ1n) is 13.6. The van der Waals surface area contributed by atoms with Crippen molar-refractivity contribution in [2.24, 2.45) is 17.6 Å². The Morgan fingerprint density at radius 2 is 1.84 bits per heavy atom. The molecule has 9 nitrogen and oxygen atoms in total. The summed E-state index contributed by atoms with van der Waals surface area (Å²) in [6, 6.07) is 5.17. The van der Waals surface area contributed by atoms with Crippen LogP contribution >= 0.6 is 12.4 Å². The Bertz CT molecular complexity index is 1460. The Hall–Kier alpha value is -3.84. The van der Waals surface area contributed by atoms with Crippen molar-refractivity contribution in [3.05, 3.63) is 65.1 Å². The smallest absolute Gasteiger partial charge is 0.387 e. The molecule has 5 rings (SSSR count). The van der Waals surface area contributed by atoms with Crippen molar-refractivity contribution in [2.75, 3.05) is 13.2 Å². The number of ether oxygens (including phenoxy) is 2. The van der Waals surface area contributed by atoms with E-state index in [2.05, 4.69) is 20.4 Å². The predicted octanol–water partition coefficient (Wildman–Crippen LogP) is 5.45. The van der Waals surface area contributed by atoms with Crippen LogP contribution in [0.15, 0.2) is 40.8 Å². The fraction of sp³-hybridized carbons (Fsp3) is 0.414. The van der Waals surface area contributed by atoms with Gasteiger partial charge in [0.25, 0.3) is 5.91 Å². The minimum Gasteiger partial charge on any atom is -0.489 e. The molecule has 43 heavy (non-hydrogen) atoms. The number of amides is 2. The topological polar surface area (TPSA) is 129 Å². The van der Waals surface area contributed by atoms with Crippen LogP contribution in [0, 0.1) is 23.5 Å². The summed E-state index contributed by atoms with van der Waals surface area (Å²) in [5, 5.41) is 5.34. The fourth-order valence-corrected chi connectivity index (χ4v) is 4.31. The Morgan fingerprint density at radius 1 is 1.09 bits per heavy atom. The van der Waals surface area contributed by atoms with Gasteiger partial charge < -0.3 is 30.3 Å². The van der Waals surface area contributed by atoms with Gasteiger partial charge in [-0.15, -0.1) is 12.4 Å². The number of rotatable bonds is 13. The van der Waals surface area contributed by atoms with Crippen LogP contribution in [0.1, 0.15) is 66.5 Å². The third-order valence-corrected chi connectivity index (χ3v) is 6.93. The number of halogens is 5. The molecule has 1 aromatic heterocycles. The van der Waals surface area contributed by atoms with E-state index in [1.54, 1.807) is 6.92 Å². The summed E-state index contributed by atoms with van der Waals surface area (Å²) in [4.78, 5) is 30.0. The minimum absolute atomic E-state index is 0. The number of oxazole rings is 1. The van der Waals surface area contributed by atoms with Crippen molar-refractivity contribution < 1.29 is 41.0 Å². The van der Waals surface area contributed by atoms with Crippen LogP contribution in [-0.2, 0) is 4.79 Å². The van der Waals surface area contributed by atoms with E-state index in [1.807, 2.05) is 0 Å². The number of aromatic nitrogens is 1. The van der Waals surface area contributed by atoms with Gasteiger partial charge in [0.15, 0.2) is 23.0 Å². The third-order valence-electron chi connectivity index (χ3n) is 6.93. The molecule has 0 bridgehead atoms. The van der Waals surface area contributed by atoms with E-state index in [1.165, 1.54) is 24.3 Å². The fourth-order valence-electron chi connectivity index (χ4n) is 4.31. The molecule has 2 aliphatic carbocycles. The molecule has 1 heterocycles. The second kappa shape index (κ2) is 13.6. The number of nitrogens with two attached hydrogens (primary N) is 1. The van der Waals surface area contributed by atoms with Crippen LogP contribution in [0.25, 0.3) is 11.5 Å². The van der Waals surface area contributed by atoms with Gasteiger partial charge in [0.1, 0.15) is 11.6 Å². The lowest BCUT2D eigenvalue weighted by Gasteiger charge is -2.20. The lowest BCUT2D eigenvalue weighted by atomic mass is 10.0. The summed E-state index contributed by atoms with van der Waals surface area (Å²) < 4.78 is 70.3. The van der Waals surface area contributed by atoms with Gasteiger partial charge in [-0.3, -0.25) is 9.59 Å². The zero-order chi connectivity index (χ0) is 30.0. The highest BCUT2D eigenvalue weighted by atomic mass is 35.5. The average Bonchev–Trinajstić information content (AvgIpc) is 3.88. The predicted molar refractivity (Wildman–Crippen MR) is 149 cm³/mol. The Balaban J connectivity index is 0.00000423. The molecule has 2 saturated carbocycles. The van der Waals surface area contributed by atoms with Gasteiger partial charge in [-0.25, -0.2) is 13.8 Å². The average molecular weight is 627 g/mol. The molecule has 2 aromatic carbocycles. The first-order valence-corrected chi connectivity index (χ1v) is 13.6. The normalized spacial score (nSPS) is 15.8. The summed E-state index contributed by atoms with van der Waals surface area (Å²) in [6.45, 7) is -1.33. The summed E-state index contributed by atoms with van der Waals surface area (Å²) >= 11 is 0. The molecular weight excluding hydrogens is 596 g/mol. The lowest BCUT2D eigenvalue weighted by molar-refractivity contribution is -0.122. The van der Waals surface area contributed by atoms with Crippen LogP contribution in [0.4, 0.5) is 17.6 Å². The Morgan fingerprint density at radius 3 is 2.47 bits per heavy atom. The number of hydrogen-bond donors (Lipinski definition) is 3. The maximum Gasteiger partial charge on any atom is 0.387 e. The molecule has 0 saturated heterocycles. The Kier molecular flexibility index (Phi) is 10.2. The molecule has 3 aromatic rings. The van der Waals surface area contributed by atoms with Gasteiger partial charge >= 0.3 is 6.61 Å². The second-order valence-electron chi connectivity index (χ2n) is 10.5. The lowest BCUT2D eigenvalue weighted by Crippen LogP contribution is -2.39. The van der Waals surface area contributed by atoms with E-state index in [0.29, 0.717) is 24.2 Å². The van der Waals surface area contributed by atoms with Gasteiger partial charge in [-0.1, -0.05) is 6.07 Å². The van der Waals surface area contributed by atoms with E-state index < -0.39 is 36.2 Å².